The number of esters is 1. The van der Waals surface area contributed by atoms with Crippen LogP contribution in [0.25, 0.3) is 0 Å². The Kier molecular flexibility index (Phi) is 5.54. The Balaban J connectivity index is 2.70. The summed E-state index contributed by atoms with van der Waals surface area (Å²) in [5, 5.41) is 2.04. The van der Waals surface area contributed by atoms with Crippen LogP contribution < -0.4 is 5.32 Å². The maximum absolute atomic E-state index is 12.1. The van der Waals surface area contributed by atoms with Crippen LogP contribution in [0.5, 0.6) is 0 Å². The van der Waals surface area contributed by atoms with Crippen molar-refractivity contribution in [3.05, 3.63) is 35.9 Å². The van der Waals surface area contributed by atoms with Gasteiger partial charge in [-0.05, 0) is 5.56 Å². The smallest absolute Gasteiger partial charge is 0.397 e. The van der Waals surface area contributed by atoms with Gasteiger partial charge in [0.1, 0.15) is 12.5 Å². The van der Waals surface area contributed by atoms with E-state index in [2.05, 4.69) is 4.74 Å². The summed E-state index contributed by atoms with van der Waals surface area (Å²) in [6.07, 6.45) is -6.18. The summed E-state index contributed by atoms with van der Waals surface area (Å²) in [6.45, 7) is 0. The second-order valence-electron chi connectivity index (χ2n) is 4.12. The Hall–Kier alpha value is -2.05. The van der Waals surface area contributed by atoms with E-state index in [9.17, 15) is 22.8 Å². The van der Waals surface area contributed by atoms with Crippen LogP contribution in [-0.4, -0.2) is 31.2 Å². The summed E-state index contributed by atoms with van der Waals surface area (Å²) >= 11 is 0. The molecule has 1 N–H and O–H groups in total. The zero-order valence-electron chi connectivity index (χ0n) is 10.7. The summed E-state index contributed by atoms with van der Waals surface area (Å²) in [4.78, 5) is 22.7. The fourth-order valence-corrected chi connectivity index (χ4v) is 1.61. The van der Waals surface area contributed by atoms with Crippen LogP contribution in [0.1, 0.15) is 12.0 Å². The van der Waals surface area contributed by atoms with Gasteiger partial charge in [0.2, 0.25) is 5.91 Å². The number of halogens is 3. The van der Waals surface area contributed by atoms with E-state index in [1.54, 1.807) is 30.3 Å². The molecule has 0 saturated carbocycles. The molecule has 0 saturated heterocycles. The van der Waals surface area contributed by atoms with Gasteiger partial charge in [0.25, 0.3) is 0 Å². The molecular weight excluding hydrogens is 275 g/mol. The van der Waals surface area contributed by atoms with Gasteiger partial charge in [0.15, 0.2) is 0 Å². The first-order valence-electron chi connectivity index (χ1n) is 5.79. The number of carbonyl (C=O) groups excluding carboxylic acids is 2. The zero-order valence-corrected chi connectivity index (χ0v) is 10.7. The van der Waals surface area contributed by atoms with Crippen LogP contribution >= 0.6 is 0 Å². The lowest BCUT2D eigenvalue weighted by Crippen LogP contribution is -2.44. The standard InChI is InChI=1S/C13H14F3NO3/c1-20-12(19)10(7-9-5-3-2-4-6-9)17-11(18)8-13(14,15)16/h2-6,10H,7-8H2,1H3,(H,17,18)/t10-/m0/s1. The minimum atomic E-state index is -4.61. The summed E-state index contributed by atoms with van der Waals surface area (Å²) in [6, 6.07) is 7.47. The second-order valence-corrected chi connectivity index (χ2v) is 4.12. The second kappa shape index (κ2) is 6.93. The van der Waals surface area contributed by atoms with Crippen LogP contribution in [0.2, 0.25) is 0 Å². The first-order valence-corrected chi connectivity index (χ1v) is 5.79. The van der Waals surface area contributed by atoms with Crippen molar-refractivity contribution in [3.8, 4) is 0 Å². The number of nitrogens with one attached hydrogen (secondary N) is 1. The molecule has 4 nitrogen and oxygen atoms in total. The maximum atomic E-state index is 12.1. The molecule has 1 aromatic rings. The van der Waals surface area contributed by atoms with Gasteiger partial charge in [-0.3, -0.25) is 4.79 Å². The van der Waals surface area contributed by atoms with E-state index >= 15 is 0 Å². The van der Waals surface area contributed by atoms with E-state index < -0.39 is 30.5 Å². The Morgan fingerprint density at radius 2 is 1.85 bits per heavy atom. The minimum absolute atomic E-state index is 0.0666. The predicted octanol–water partition coefficient (Wildman–Crippen LogP) is 1.84. The van der Waals surface area contributed by atoms with Gasteiger partial charge in [0, 0.05) is 6.42 Å². The molecule has 110 valence electrons. The number of methoxy groups -OCH3 is 1. The topological polar surface area (TPSA) is 55.4 Å². The largest absolute Gasteiger partial charge is 0.467 e. The van der Waals surface area contributed by atoms with E-state index in [1.807, 2.05) is 5.32 Å². The Labute approximate surface area is 113 Å². The van der Waals surface area contributed by atoms with E-state index in [0.717, 1.165) is 7.11 Å². The molecule has 0 aromatic heterocycles. The zero-order chi connectivity index (χ0) is 15.2. The molecular formula is C13H14F3NO3. The van der Waals surface area contributed by atoms with Gasteiger partial charge >= 0.3 is 12.1 Å². The number of carbonyl (C=O) groups is 2. The van der Waals surface area contributed by atoms with Crippen molar-refractivity contribution in [2.45, 2.75) is 25.1 Å². The van der Waals surface area contributed by atoms with Gasteiger partial charge in [-0.2, -0.15) is 13.2 Å². The summed E-state index contributed by atoms with van der Waals surface area (Å²) < 4.78 is 40.7. The molecule has 0 unspecified atom stereocenters. The summed E-state index contributed by atoms with van der Waals surface area (Å²) in [7, 11) is 1.11. The summed E-state index contributed by atoms with van der Waals surface area (Å²) in [5.74, 6) is -2.05. The molecule has 0 fully saturated rings. The van der Waals surface area contributed by atoms with Gasteiger partial charge in [-0.1, -0.05) is 30.3 Å². The highest BCUT2D eigenvalue weighted by atomic mass is 19.4. The fraction of sp³-hybridized carbons (Fsp3) is 0.385. The van der Waals surface area contributed by atoms with Crippen LogP contribution in [0.15, 0.2) is 30.3 Å². The number of benzene rings is 1. The third kappa shape index (κ3) is 5.73. The lowest BCUT2D eigenvalue weighted by atomic mass is 10.1. The van der Waals surface area contributed by atoms with E-state index in [1.165, 1.54) is 0 Å². The molecule has 0 aliphatic rings. The van der Waals surface area contributed by atoms with Gasteiger partial charge in [-0.15, -0.1) is 0 Å². The SMILES string of the molecule is COC(=O)[C@H](Cc1ccccc1)NC(=O)CC(F)(F)F. The van der Waals surface area contributed by atoms with E-state index in [4.69, 9.17) is 0 Å². The molecule has 1 rings (SSSR count). The third-order valence-electron chi connectivity index (χ3n) is 2.46. The van der Waals surface area contributed by atoms with Crippen molar-refractivity contribution in [1.82, 2.24) is 5.32 Å². The minimum Gasteiger partial charge on any atom is -0.467 e. The van der Waals surface area contributed by atoms with Crippen molar-refractivity contribution in [3.63, 3.8) is 0 Å². The molecule has 1 atom stereocenters. The molecule has 0 radical (unpaired) electrons. The molecule has 1 amide bonds. The van der Waals surface area contributed by atoms with Gasteiger partial charge < -0.3 is 10.1 Å². The molecule has 7 heteroatoms. The molecule has 0 aliphatic heterocycles. The van der Waals surface area contributed by atoms with Gasteiger partial charge in [-0.25, -0.2) is 4.79 Å². The van der Waals surface area contributed by atoms with E-state index in [-0.39, 0.29) is 6.42 Å². The first-order chi connectivity index (χ1) is 9.31. The van der Waals surface area contributed by atoms with Crippen LogP contribution in [-0.2, 0) is 20.7 Å². The number of amides is 1. The van der Waals surface area contributed by atoms with Gasteiger partial charge in [0.05, 0.1) is 7.11 Å². The molecule has 20 heavy (non-hydrogen) atoms. The van der Waals surface area contributed by atoms with Crippen molar-refractivity contribution in [2.24, 2.45) is 0 Å². The number of hydrogen-bond acceptors (Lipinski definition) is 3. The number of ether oxygens (including phenoxy) is 1. The van der Waals surface area contributed by atoms with E-state index in [0.29, 0.717) is 5.56 Å². The quantitative estimate of drug-likeness (QED) is 0.842. The molecule has 0 aliphatic carbocycles. The molecule has 0 heterocycles. The summed E-state index contributed by atoms with van der Waals surface area (Å²) in [5.41, 5.74) is 0.704. The van der Waals surface area contributed by atoms with Crippen molar-refractivity contribution >= 4 is 11.9 Å². The molecule has 0 spiro atoms. The normalized spacial score (nSPS) is 12.6. The van der Waals surface area contributed by atoms with Crippen molar-refractivity contribution < 1.29 is 27.5 Å². The van der Waals surface area contributed by atoms with Crippen LogP contribution in [0.3, 0.4) is 0 Å². The highest BCUT2D eigenvalue weighted by Gasteiger charge is 2.33. The van der Waals surface area contributed by atoms with Crippen molar-refractivity contribution in [2.75, 3.05) is 7.11 Å². The third-order valence-corrected chi connectivity index (χ3v) is 2.46. The fourth-order valence-electron chi connectivity index (χ4n) is 1.61. The number of hydrogen-bond donors (Lipinski definition) is 1. The monoisotopic (exact) mass is 289 g/mol. The first kappa shape index (κ1) is 16.0. The Morgan fingerprint density at radius 1 is 1.25 bits per heavy atom. The van der Waals surface area contributed by atoms with Crippen molar-refractivity contribution in [1.29, 1.82) is 0 Å². The highest BCUT2D eigenvalue weighted by molar-refractivity contribution is 5.84. The average molecular weight is 289 g/mol. The van der Waals surface area contributed by atoms with Crippen LogP contribution in [0, 0.1) is 0 Å². The highest BCUT2D eigenvalue weighted by Crippen LogP contribution is 2.19. The molecule has 1 aromatic carbocycles. The Morgan fingerprint density at radius 3 is 2.35 bits per heavy atom. The Bertz CT molecular complexity index is 460. The lowest BCUT2D eigenvalue weighted by molar-refractivity contribution is -0.157. The maximum Gasteiger partial charge on any atom is 0.397 e. The average Bonchev–Trinajstić information content (AvgIpc) is 2.36. The number of alkyl halides is 3. The lowest BCUT2D eigenvalue weighted by Gasteiger charge is -2.17. The predicted molar refractivity (Wildman–Crippen MR) is 64.8 cm³/mol. The molecule has 0 bridgehead atoms. The van der Waals surface area contributed by atoms with Crippen LogP contribution in [0.4, 0.5) is 13.2 Å². The number of rotatable bonds is 5.